The Kier molecular flexibility index (Phi) is 5.46. The topological polar surface area (TPSA) is 38.5 Å². The number of piperidine rings is 1. The van der Waals surface area contributed by atoms with E-state index in [9.17, 15) is 0 Å². The van der Waals surface area contributed by atoms with E-state index in [2.05, 4.69) is 11.8 Å². The molecule has 106 valence electrons. The molecule has 3 nitrogen and oxygen atoms in total. The minimum Gasteiger partial charge on any atom is -0.380 e. The van der Waals surface area contributed by atoms with Crippen molar-refractivity contribution in [2.75, 3.05) is 33.3 Å². The highest BCUT2D eigenvalue weighted by atomic mass is 16.5. The van der Waals surface area contributed by atoms with Gasteiger partial charge in [-0.2, -0.15) is 0 Å². The first-order chi connectivity index (χ1) is 8.72. The number of nitrogens with zero attached hydrogens (tertiary/aromatic N) is 1. The van der Waals surface area contributed by atoms with Gasteiger partial charge in [0.15, 0.2) is 0 Å². The van der Waals surface area contributed by atoms with Crippen molar-refractivity contribution in [3.05, 3.63) is 0 Å². The highest BCUT2D eigenvalue weighted by Gasteiger charge is 2.28. The van der Waals surface area contributed by atoms with E-state index in [0.29, 0.717) is 6.10 Å². The van der Waals surface area contributed by atoms with Crippen molar-refractivity contribution < 1.29 is 4.74 Å². The first-order valence-corrected chi connectivity index (χ1v) is 7.68. The summed E-state index contributed by atoms with van der Waals surface area (Å²) in [5.41, 5.74) is 5.76. The molecule has 0 aromatic rings. The molecule has 0 spiro atoms. The lowest BCUT2D eigenvalue weighted by Gasteiger charge is -2.39. The Morgan fingerprint density at radius 3 is 2.39 bits per heavy atom. The van der Waals surface area contributed by atoms with Crippen LogP contribution in [0.15, 0.2) is 0 Å². The lowest BCUT2D eigenvalue weighted by atomic mass is 9.81. The zero-order valence-electron chi connectivity index (χ0n) is 12.1. The maximum absolute atomic E-state index is 5.76. The maximum atomic E-state index is 5.76. The van der Waals surface area contributed by atoms with E-state index in [0.717, 1.165) is 30.8 Å². The van der Waals surface area contributed by atoms with Crippen LogP contribution in [0, 0.1) is 17.8 Å². The van der Waals surface area contributed by atoms with E-state index in [4.69, 9.17) is 10.5 Å². The Morgan fingerprint density at radius 2 is 1.78 bits per heavy atom. The molecule has 0 radical (unpaired) electrons. The summed E-state index contributed by atoms with van der Waals surface area (Å²) in [5.74, 6) is 2.42. The second kappa shape index (κ2) is 6.88. The maximum Gasteiger partial charge on any atom is 0.0724 e. The van der Waals surface area contributed by atoms with E-state index in [-0.39, 0.29) is 0 Å². The average molecular weight is 254 g/mol. The molecule has 1 aliphatic heterocycles. The van der Waals surface area contributed by atoms with E-state index < -0.39 is 0 Å². The molecule has 2 fully saturated rings. The van der Waals surface area contributed by atoms with Crippen molar-refractivity contribution >= 4 is 0 Å². The Morgan fingerprint density at radius 1 is 1.11 bits per heavy atom. The molecule has 18 heavy (non-hydrogen) atoms. The first kappa shape index (κ1) is 14.3. The molecule has 0 bridgehead atoms. The van der Waals surface area contributed by atoms with Crippen LogP contribution in [0.5, 0.6) is 0 Å². The average Bonchev–Trinajstić information content (AvgIpc) is 2.42. The molecule has 2 N–H and O–H groups in total. The molecule has 0 amide bonds. The van der Waals surface area contributed by atoms with Crippen LogP contribution in [0.3, 0.4) is 0 Å². The minimum atomic E-state index is 0.444. The van der Waals surface area contributed by atoms with Crippen LogP contribution in [0.25, 0.3) is 0 Å². The molecule has 2 rings (SSSR count). The smallest absolute Gasteiger partial charge is 0.0724 e. The fourth-order valence-electron chi connectivity index (χ4n) is 3.59. The van der Waals surface area contributed by atoms with Gasteiger partial charge >= 0.3 is 0 Å². The van der Waals surface area contributed by atoms with Crippen molar-refractivity contribution in [1.29, 1.82) is 0 Å². The summed E-state index contributed by atoms with van der Waals surface area (Å²) >= 11 is 0. The number of ether oxygens (including phenoxy) is 1. The number of nitrogens with two attached hydrogens (primary N) is 1. The van der Waals surface area contributed by atoms with Gasteiger partial charge in [0.2, 0.25) is 0 Å². The van der Waals surface area contributed by atoms with Crippen molar-refractivity contribution in [2.45, 2.75) is 45.1 Å². The normalized spacial score (nSPS) is 38.8. The van der Waals surface area contributed by atoms with Gasteiger partial charge in [0.1, 0.15) is 0 Å². The highest BCUT2D eigenvalue weighted by Crippen LogP contribution is 2.30. The van der Waals surface area contributed by atoms with Gasteiger partial charge in [0.25, 0.3) is 0 Å². The molecule has 0 aromatic carbocycles. The Bertz CT molecular complexity index is 239. The summed E-state index contributed by atoms with van der Waals surface area (Å²) < 4.78 is 5.60. The van der Waals surface area contributed by atoms with Crippen LogP contribution in [0.4, 0.5) is 0 Å². The molecule has 1 saturated heterocycles. The molecule has 2 atom stereocenters. The molecule has 2 unspecified atom stereocenters. The summed E-state index contributed by atoms with van der Waals surface area (Å²) in [6, 6.07) is 0. The monoisotopic (exact) mass is 254 g/mol. The number of likely N-dealkylation sites (tertiary alicyclic amines) is 1. The molecule has 1 saturated carbocycles. The van der Waals surface area contributed by atoms with Gasteiger partial charge in [-0.05, 0) is 62.9 Å². The SMILES string of the molecule is COC1CN(CC2CCC(CN)CC2)CCC1C. The van der Waals surface area contributed by atoms with Gasteiger partial charge in [-0.3, -0.25) is 0 Å². The zero-order chi connectivity index (χ0) is 13.0. The number of hydrogen-bond donors (Lipinski definition) is 1. The minimum absolute atomic E-state index is 0.444. The molecule has 1 aliphatic carbocycles. The van der Waals surface area contributed by atoms with E-state index >= 15 is 0 Å². The molecular formula is C15H30N2O. The van der Waals surface area contributed by atoms with Crippen molar-refractivity contribution in [3.8, 4) is 0 Å². The first-order valence-electron chi connectivity index (χ1n) is 7.68. The summed E-state index contributed by atoms with van der Waals surface area (Å²) in [6.07, 6.45) is 7.19. The zero-order valence-corrected chi connectivity index (χ0v) is 12.1. The van der Waals surface area contributed by atoms with Crippen LogP contribution >= 0.6 is 0 Å². The van der Waals surface area contributed by atoms with Gasteiger partial charge in [0.05, 0.1) is 6.10 Å². The predicted molar refractivity (Wildman–Crippen MR) is 75.5 cm³/mol. The van der Waals surface area contributed by atoms with Crippen LogP contribution in [-0.2, 0) is 4.74 Å². The lowest BCUT2D eigenvalue weighted by molar-refractivity contribution is -0.0114. The summed E-state index contributed by atoms with van der Waals surface area (Å²) in [7, 11) is 1.86. The predicted octanol–water partition coefficient (Wildman–Crippen LogP) is 2.11. The molecule has 1 heterocycles. The fraction of sp³-hybridized carbons (Fsp3) is 1.00. The third-order valence-corrected chi connectivity index (χ3v) is 5.09. The third kappa shape index (κ3) is 3.69. The van der Waals surface area contributed by atoms with Crippen molar-refractivity contribution in [3.63, 3.8) is 0 Å². The molecule has 2 aliphatic rings. The summed E-state index contributed by atoms with van der Waals surface area (Å²) in [5, 5.41) is 0. The summed E-state index contributed by atoms with van der Waals surface area (Å²) in [4.78, 5) is 2.63. The van der Waals surface area contributed by atoms with Crippen LogP contribution in [-0.4, -0.2) is 44.3 Å². The van der Waals surface area contributed by atoms with E-state index in [1.54, 1.807) is 0 Å². The Labute approximate surface area is 112 Å². The van der Waals surface area contributed by atoms with Gasteiger partial charge < -0.3 is 15.4 Å². The number of methoxy groups -OCH3 is 1. The standard InChI is InChI=1S/C15H30N2O/c1-12-7-8-17(11-15(12)18-2)10-14-5-3-13(9-16)4-6-14/h12-15H,3-11,16H2,1-2H3. The fourth-order valence-corrected chi connectivity index (χ4v) is 3.59. The van der Waals surface area contributed by atoms with Gasteiger partial charge in [-0.15, -0.1) is 0 Å². The highest BCUT2D eigenvalue weighted by molar-refractivity contribution is 4.82. The molecular weight excluding hydrogens is 224 g/mol. The lowest BCUT2D eigenvalue weighted by Crippen LogP contribution is -2.46. The summed E-state index contributed by atoms with van der Waals surface area (Å²) in [6.45, 7) is 6.88. The van der Waals surface area contributed by atoms with Crippen LogP contribution in [0.1, 0.15) is 39.0 Å². The van der Waals surface area contributed by atoms with Crippen molar-refractivity contribution in [1.82, 2.24) is 4.90 Å². The number of rotatable bonds is 4. The third-order valence-electron chi connectivity index (χ3n) is 5.09. The second-order valence-corrected chi connectivity index (χ2v) is 6.42. The van der Waals surface area contributed by atoms with Gasteiger partial charge in [0, 0.05) is 20.2 Å². The van der Waals surface area contributed by atoms with E-state index in [1.165, 1.54) is 45.2 Å². The van der Waals surface area contributed by atoms with Gasteiger partial charge in [-0.25, -0.2) is 0 Å². The van der Waals surface area contributed by atoms with E-state index in [1.807, 2.05) is 7.11 Å². The number of hydrogen-bond acceptors (Lipinski definition) is 3. The Balaban J connectivity index is 1.73. The van der Waals surface area contributed by atoms with Crippen molar-refractivity contribution in [2.24, 2.45) is 23.5 Å². The van der Waals surface area contributed by atoms with Crippen LogP contribution in [0.2, 0.25) is 0 Å². The van der Waals surface area contributed by atoms with Crippen LogP contribution < -0.4 is 5.73 Å². The second-order valence-electron chi connectivity index (χ2n) is 6.42. The molecule has 3 heteroatoms. The largest absolute Gasteiger partial charge is 0.380 e. The van der Waals surface area contributed by atoms with Gasteiger partial charge in [-0.1, -0.05) is 6.92 Å². The Hall–Kier alpha value is -0.120. The quantitative estimate of drug-likeness (QED) is 0.835. The molecule has 0 aromatic heterocycles.